The zero-order valence-corrected chi connectivity index (χ0v) is 10.1. The molecule has 1 aromatic carbocycles. The van der Waals surface area contributed by atoms with Crippen LogP contribution in [-0.4, -0.2) is 18.0 Å². The lowest BCUT2D eigenvalue weighted by molar-refractivity contribution is 0.155. The predicted molar refractivity (Wildman–Crippen MR) is 65.0 cm³/mol. The van der Waals surface area contributed by atoms with Gasteiger partial charge in [0.1, 0.15) is 0 Å². The van der Waals surface area contributed by atoms with E-state index in [-0.39, 0.29) is 5.54 Å². The molecule has 1 heterocycles. The molecule has 0 bridgehead atoms. The normalized spacial score (nSPS) is 18.3. The van der Waals surface area contributed by atoms with Crippen molar-refractivity contribution in [1.29, 1.82) is 0 Å². The van der Waals surface area contributed by atoms with E-state index >= 15 is 0 Å². The summed E-state index contributed by atoms with van der Waals surface area (Å²) in [6.45, 7) is 9.35. The smallest absolute Gasteiger partial charge is 0.0404 e. The summed E-state index contributed by atoms with van der Waals surface area (Å²) >= 11 is 0. The van der Waals surface area contributed by atoms with Crippen molar-refractivity contribution in [1.82, 2.24) is 4.90 Å². The molecule has 1 aliphatic heterocycles. The molecule has 1 heteroatoms. The van der Waals surface area contributed by atoms with Gasteiger partial charge in [-0.15, -0.1) is 0 Å². The molecule has 1 nitrogen and oxygen atoms in total. The zero-order chi connectivity index (χ0) is 10.9. The van der Waals surface area contributed by atoms with Gasteiger partial charge in [0.05, 0.1) is 0 Å². The monoisotopic (exact) mass is 203 g/mol. The number of likely N-dealkylation sites (tertiary alicyclic amines) is 1. The summed E-state index contributed by atoms with van der Waals surface area (Å²) in [5.74, 6) is 0. The molecule has 0 aromatic heterocycles. The maximum atomic E-state index is 2.60. The molecule has 15 heavy (non-hydrogen) atoms. The molecule has 0 spiro atoms. The van der Waals surface area contributed by atoms with Crippen LogP contribution in [0.3, 0.4) is 0 Å². The molecule has 0 radical (unpaired) electrons. The maximum absolute atomic E-state index is 2.60. The van der Waals surface area contributed by atoms with E-state index < -0.39 is 0 Å². The molecule has 2 rings (SSSR count). The van der Waals surface area contributed by atoms with Crippen molar-refractivity contribution in [2.24, 2.45) is 0 Å². The van der Waals surface area contributed by atoms with E-state index in [1.165, 1.54) is 37.1 Å². The van der Waals surface area contributed by atoms with Crippen molar-refractivity contribution in [2.45, 2.75) is 39.2 Å². The zero-order valence-electron chi connectivity index (χ0n) is 10.1. The fourth-order valence-electron chi connectivity index (χ4n) is 2.48. The van der Waals surface area contributed by atoms with Gasteiger partial charge in [0.25, 0.3) is 0 Å². The van der Waals surface area contributed by atoms with Crippen molar-refractivity contribution >= 4 is 0 Å². The first-order valence-electron chi connectivity index (χ1n) is 5.93. The molecule has 82 valence electrons. The topological polar surface area (TPSA) is 3.24 Å². The van der Waals surface area contributed by atoms with E-state index in [0.29, 0.717) is 0 Å². The molecule has 0 atom stereocenters. The number of hydrogen-bond acceptors (Lipinski definition) is 1. The Kier molecular flexibility index (Phi) is 2.83. The van der Waals surface area contributed by atoms with Gasteiger partial charge < -0.3 is 0 Å². The molecule has 1 aliphatic rings. The summed E-state index contributed by atoms with van der Waals surface area (Å²) in [5, 5.41) is 0. The van der Waals surface area contributed by atoms with Crippen molar-refractivity contribution in [3.63, 3.8) is 0 Å². The highest BCUT2D eigenvalue weighted by atomic mass is 15.2. The lowest BCUT2D eigenvalue weighted by Gasteiger charge is -2.36. The molecule has 0 amide bonds. The third-order valence-electron chi connectivity index (χ3n) is 3.62. The van der Waals surface area contributed by atoms with Crippen molar-refractivity contribution < 1.29 is 0 Å². The van der Waals surface area contributed by atoms with Crippen molar-refractivity contribution in [3.05, 3.63) is 35.4 Å². The lowest BCUT2D eigenvalue weighted by Crippen LogP contribution is -2.39. The first-order valence-corrected chi connectivity index (χ1v) is 5.93. The number of aryl methyl sites for hydroxylation is 1. The van der Waals surface area contributed by atoms with E-state index in [9.17, 15) is 0 Å². The van der Waals surface area contributed by atoms with E-state index in [4.69, 9.17) is 0 Å². The number of hydrogen-bond donors (Lipinski definition) is 0. The fourth-order valence-corrected chi connectivity index (χ4v) is 2.48. The van der Waals surface area contributed by atoms with Gasteiger partial charge in [0, 0.05) is 5.54 Å². The number of rotatable bonds is 2. The second-order valence-electron chi connectivity index (χ2n) is 5.12. The van der Waals surface area contributed by atoms with Gasteiger partial charge >= 0.3 is 0 Å². The summed E-state index contributed by atoms with van der Waals surface area (Å²) < 4.78 is 0. The minimum absolute atomic E-state index is 0.197. The summed E-state index contributed by atoms with van der Waals surface area (Å²) in [6, 6.07) is 8.91. The van der Waals surface area contributed by atoms with Crippen molar-refractivity contribution in [3.8, 4) is 0 Å². The average molecular weight is 203 g/mol. The van der Waals surface area contributed by atoms with Crippen molar-refractivity contribution in [2.75, 3.05) is 13.1 Å². The SMILES string of the molecule is Cc1cccc(C(C)(C)N2CCCC2)c1. The van der Waals surface area contributed by atoms with Gasteiger partial charge in [0.15, 0.2) is 0 Å². The van der Waals surface area contributed by atoms with Gasteiger partial charge in [-0.25, -0.2) is 0 Å². The quantitative estimate of drug-likeness (QED) is 0.712. The molecular formula is C14H21N. The summed E-state index contributed by atoms with van der Waals surface area (Å²) in [7, 11) is 0. The molecule has 0 unspecified atom stereocenters. The van der Waals surface area contributed by atoms with Crippen LogP contribution in [0.1, 0.15) is 37.8 Å². The van der Waals surface area contributed by atoms with Gasteiger partial charge in [-0.1, -0.05) is 29.8 Å². The van der Waals surface area contributed by atoms with Gasteiger partial charge in [-0.05, 0) is 52.3 Å². The second kappa shape index (κ2) is 3.97. The van der Waals surface area contributed by atoms with E-state index in [2.05, 4.69) is 49.9 Å². The molecule has 0 N–H and O–H groups in total. The Morgan fingerprint density at radius 2 is 1.80 bits per heavy atom. The van der Waals surface area contributed by atoms with Gasteiger partial charge in [-0.3, -0.25) is 4.90 Å². The fraction of sp³-hybridized carbons (Fsp3) is 0.571. The van der Waals surface area contributed by atoms with Gasteiger partial charge in [-0.2, -0.15) is 0 Å². The molecule has 0 saturated carbocycles. The molecule has 1 aromatic rings. The largest absolute Gasteiger partial charge is 0.294 e. The Hall–Kier alpha value is -0.820. The lowest BCUT2D eigenvalue weighted by atomic mass is 9.91. The van der Waals surface area contributed by atoms with Crippen LogP contribution in [0.5, 0.6) is 0 Å². The molecule has 1 saturated heterocycles. The molecule has 0 aliphatic carbocycles. The highest BCUT2D eigenvalue weighted by molar-refractivity contribution is 5.28. The van der Waals surface area contributed by atoms with Crippen LogP contribution in [0.25, 0.3) is 0 Å². The highest BCUT2D eigenvalue weighted by Gasteiger charge is 2.30. The maximum Gasteiger partial charge on any atom is 0.0404 e. The Morgan fingerprint density at radius 3 is 2.40 bits per heavy atom. The Balaban J connectivity index is 2.27. The summed E-state index contributed by atoms with van der Waals surface area (Å²) in [6.07, 6.45) is 2.71. The minimum Gasteiger partial charge on any atom is -0.294 e. The Labute approximate surface area is 93.1 Å². The second-order valence-corrected chi connectivity index (χ2v) is 5.12. The third-order valence-corrected chi connectivity index (χ3v) is 3.62. The van der Waals surface area contributed by atoms with Crippen LogP contribution in [0.4, 0.5) is 0 Å². The third kappa shape index (κ3) is 2.07. The first kappa shape index (κ1) is 10.7. The Bertz CT molecular complexity index is 335. The summed E-state index contributed by atoms with van der Waals surface area (Å²) in [4.78, 5) is 2.60. The predicted octanol–water partition coefficient (Wildman–Crippen LogP) is 3.33. The molecule has 1 fully saturated rings. The van der Waals surface area contributed by atoms with Gasteiger partial charge in [0.2, 0.25) is 0 Å². The molecular weight excluding hydrogens is 182 g/mol. The van der Waals surface area contributed by atoms with E-state index in [1.807, 2.05) is 0 Å². The number of benzene rings is 1. The van der Waals surface area contributed by atoms with Crippen LogP contribution in [0.15, 0.2) is 24.3 Å². The highest BCUT2D eigenvalue weighted by Crippen LogP contribution is 2.31. The van der Waals surface area contributed by atoms with Crippen LogP contribution >= 0.6 is 0 Å². The Morgan fingerprint density at radius 1 is 1.13 bits per heavy atom. The first-order chi connectivity index (χ1) is 7.10. The van der Waals surface area contributed by atoms with Crippen LogP contribution < -0.4 is 0 Å². The van der Waals surface area contributed by atoms with E-state index in [1.54, 1.807) is 0 Å². The average Bonchev–Trinajstić information content (AvgIpc) is 2.71. The standard InChI is InChI=1S/C14H21N/c1-12-7-6-8-13(11-12)14(2,3)15-9-4-5-10-15/h6-8,11H,4-5,9-10H2,1-3H3. The van der Waals surface area contributed by atoms with Crippen LogP contribution in [0, 0.1) is 6.92 Å². The number of nitrogens with zero attached hydrogens (tertiary/aromatic N) is 1. The minimum atomic E-state index is 0.197. The van der Waals surface area contributed by atoms with Crippen LogP contribution in [-0.2, 0) is 5.54 Å². The summed E-state index contributed by atoms with van der Waals surface area (Å²) in [5.41, 5.74) is 3.01. The van der Waals surface area contributed by atoms with E-state index in [0.717, 1.165) is 0 Å². The van der Waals surface area contributed by atoms with Crippen LogP contribution in [0.2, 0.25) is 0 Å².